The van der Waals surface area contributed by atoms with Gasteiger partial charge in [0, 0.05) is 23.2 Å². The van der Waals surface area contributed by atoms with Crippen LogP contribution in [0.2, 0.25) is 5.02 Å². The van der Waals surface area contributed by atoms with Gasteiger partial charge >= 0.3 is 0 Å². The molecule has 0 bridgehead atoms. The first-order valence-corrected chi connectivity index (χ1v) is 6.75. The number of rotatable bonds is 3. The van der Waals surface area contributed by atoms with Gasteiger partial charge in [0.15, 0.2) is 5.78 Å². The fourth-order valence-corrected chi connectivity index (χ4v) is 2.54. The Morgan fingerprint density at radius 2 is 2.11 bits per heavy atom. The zero-order chi connectivity index (χ0) is 13.1. The smallest absolute Gasteiger partial charge is 0.179 e. The molecule has 0 spiro atoms. The topological polar surface area (TPSA) is 46.3 Å². The van der Waals surface area contributed by atoms with Crippen LogP contribution in [-0.4, -0.2) is 35.9 Å². The van der Waals surface area contributed by atoms with E-state index in [0.29, 0.717) is 10.6 Å². The Balaban J connectivity index is 2.06. The van der Waals surface area contributed by atoms with Crippen LogP contribution in [0.25, 0.3) is 0 Å². The number of Topliss-reactive ketones (excluding diaryl/α,β-unsaturated/α-hetero) is 1. The van der Waals surface area contributed by atoms with Gasteiger partial charge in [0.05, 0.1) is 6.04 Å². The lowest BCUT2D eigenvalue weighted by Crippen LogP contribution is -2.49. The van der Waals surface area contributed by atoms with E-state index in [1.165, 1.54) is 0 Å². The van der Waals surface area contributed by atoms with E-state index in [-0.39, 0.29) is 17.9 Å². The number of nitrogens with two attached hydrogens (primary N) is 1. The van der Waals surface area contributed by atoms with Crippen LogP contribution in [0.15, 0.2) is 24.3 Å². The van der Waals surface area contributed by atoms with Crippen LogP contribution < -0.4 is 5.73 Å². The molecule has 18 heavy (non-hydrogen) atoms. The van der Waals surface area contributed by atoms with E-state index in [9.17, 15) is 4.79 Å². The SMILES string of the molecule is CC(C(=O)c1ccc(Cl)cc1)N1CCCC(N)C1. The summed E-state index contributed by atoms with van der Waals surface area (Å²) in [5.74, 6) is 0.140. The van der Waals surface area contributed by atoms with Crippen LogP contribution >= 0.6 is 11.6 Å². The van der Waals surface area contributed by atoms with Gasteiger partial charge in [0.1, 0.15) is 0 Å². The lowest BCUT2D eigenvalue weighted by Gasteiger charge is -2.34. The zero-order valence-electron chi connectivity index (χ0n) is 10.6. The molecule has 1 heterocycles. The normalized spacial score (nSPS) is 22.7. The number of hydrogen-bond acceptors (Lipinski definition) is 3. The number of likely N-dealkylation sites (tertiary alicyclic amines) is 1. The Morgan fingerprint density at radius 3 is 2.72 bits per heavy atom. The number of carbonyl (C=O) groups is 1. The van der Waals surface area contributed by atoms with Gasteiger partial charge in [-0.3, -0.25) is 9.69 Å². The average molecular weight is 267 g/mol. The van der Waals surface area contributed by atoms with E-state index in [0.717, 1.165) is 25.9 Å². The molecule has 2 atom stereocenters. The average Bonchev–Trinajstić information content (AvgIpc) is 2.38. The molecule has 0 saturated carbocycles. The maximum atomic E-state index is 12.3. The maximum absolute atomic E-state index is 12.3. The Labute approximate surface area is 113 Å². The van der Waals surface area contributed by atoms with Crippen molar-refractivity contribution in [2.75, 3.05) is 13.1 Å². The molecule has 0 amide bonds. The Bertz CT molecular complexity index is 418. The van der Waals surface area contributed by atoms with Crippen molar-refractivity contribution in [3.8, 4) is 0 Å². The number of carbonyl (C=O) groups excluding carboxylic acids is 1. The van der Waals surface area contributed by atoms with Crippen LogP contribution in [0, 0.1) is 0 Å². The van der Waals surface area contributed by atoms with E-state index in [1.807, 2.05) is 6.92 Å². The van der Waals surface area contributed by atoms with Gasteiger partial charge in [-0.2, -0.15) is 0 Å². The first kappa shape index (κ1) is 13.5. The Hall–Kier alpha value is -0.900. The minimum Gasteiger partial charge on any atom is -0.327 e. The fourth-order valence-electron chi connectivity index (χ4n) is 2.41. The lowest BCUT2D eigenvalue weighted by atomic mass is 10.00. The second-order valence-corrected chi connectivity index (χ2v) is 5.38. The Morgan fingerprint density at radius 1 is 1.44 bits per heavy atom. The fraction of sp³-hybridized carbons (Fsp3) is 0.500. The molecule has 1 fully saturated rings. The quantitative estimate of drug-likeness (QED) is 0.855. The van der Waals surface area contributed by atoms with Crippen LogP contribution in [0.1, 0.15) is 30.1 Å². The summed E-state index contributed by atoms with van der Waals surface area (Å²) >= 11 is 5.83. The van der Waals surface area contributed by atoms with E-state index < -0.39 is 0 Å². The van der Waals surface area contributed by atoms with Crippen molar-refractivity contribution in [1.82, 2.24) is 4.90 Å². The van der Waals surface area contributed by atoms with Crippen molar-refractivity contribution in [3.63, 3.8) is 0 Å². The summed E-state index contributed by atoms with van der Waals surface area (Å²) in [6.45, 7) is 3.71. The predicted molar refractivity (Wildman–Crippen MR) is 74.0 cm³/mol. The third-order valence-corrected chi connectivity index (χ3v) is 3.80. The molecule has 0 aliphatic carbocycles. The summed E-state index contributed by atoms with van der Waals surface area (Å²) in [4.78, 5) is 14.5. The lowest BCUT2D eigenvalue weighted by molar-refractivity contribution is 0.0794. The molecule has 0 aromatic heterocycles. The second-order valence-electron chi connectivity index (χ2n) is 4.94. The van der Waals surface area contributed by atoms with E-state index in [4.69, 9.17) is 17.3 Å². The maximum Gasteiger partial charge on any atom is 0.179 e. The molecule has 1 aliphatic heterocycles. The number of piperidine rings is 1. The second kappa shape index (κ2) is 5.83. The predicted octanol–water partition coefficient (Wildman–Crippen LogP) is 2.33. The van der Waals surface area contributed by atoms with Gasteiger partial charge in [-0.25, -0.2) is 0 Å². The summed E-state index contributed by atoms with van der Waals surface area (Å²) in [5, 5.41) is 0.652. The van der Waals surface area contributed by atoms with Crippen molar-refractivity contribution in [2.24, 2.45) is 5.73 Å². The minimum absolute atomic E-state index is 0.113. The molecule has 1 aromatic rings. The molecule has 2 unspecified atom stereocenters. The molecule has 0 radical (unpaired) electrons. The third kappa shape index (κ3) is 3.10. The van der Waals surface area contributed by atoms with Crippen LogP contribution in [0.3, 0.4) is 0 Å². The van der Waals surface area contributed by atoms with Crippen LogP contribution in [0.4, 0.5) is 0 Å². The molecule has 2 N–H and O–H groups in total. The van der Waals surface area contributed by atoms with Crippen molar-refractivity contribution in [1.29, 1.82) is 0 Å². The highest BCUT2D eigenvalue weighted by atomic mass is 35.5. The minimum atomic E-state index is -0.113. The van der Waals surface area contributed by atoms with Gasteiger partial charge in [0.2, 0.25) is 0 Å². The van der Waals surface area contributed by atoms with Crippen molar-refractivity contribution < 1.29 is 4.79 Å². The highest BCUT2D eigenvalue weighted by molar-refractivity contribution is 6.30. The van der Waals surface area contributed by atoms with Gasteiger partial charge in [-0.05, 0) is 50.6 Å². The van der Waals surface area contributed by atoms with Gasteiger partial charge < -0.3 is 5.73 Å². The van der Waals surface area contributed by atoms with Crippen molar-refractivity contribution >= 4 is 17.4 Å². The van der Waals surface area contributed by atoms with Crippen molar-refractivity contribution in [3.05, 3.63) is 34.9 Å². The summed E-state index contributed by atoms with van der Waals surface area (Å²) in [7, 11) is 0. The number of ketones is 1. The molecular weight excluding hydrogens is 248 g/mol. The molecule has 1 aromatic carbocycles. The molecule has 2 rings (SSSR count). The summed E-state index contributed by atoms with van der Waals surface area (Å²) in [5.41, 5.74) is 6.67. The zero-order valence-corrected chi connectivity index (χ0v) is 11.4. The monoisotopic (exact) mass is 266 g/mol. The summed E-state index contributed by atoms with van der Waals surface area (Å²) < 4.78 is 0. The number of halogens is 1. The van der Waals surface area contributed by atoms with Gasteiger partial charge in [-0.15, -0.1) is 0 Å². The third-order valence-electron chi connectivity index (χ3n) is 3.55. The highest BCUT2D eigenvalue weighted by Crippen LogP contribution is 2.16. The van der Waals surface area contributed by atoms with E-state index in [1.54, 1.807) is 24.3 Å². The number of benzene rings is 1. The van der Waals surface area contributed by atoms with E-state index in [2.05, 4.69) is 4.90 Å². The highest BCUT2D eigenvalue weighted by Gasteiger charge is 2.26. The molecule has 1 aliphatic rings. The van der Waals surface area contributed by atoms with Crippen molar-refractivity contribution in [2.45, 2.75) is 31.8 Å². The standard InChI is InChI=1S/C14H19ClN2O/c1-10(17-8-2-3-13(16)9-17)14(18)11-4-6-12(15)7-5-11/h4-7,10,13H,2-3,8-9,16H2,1H3. The van der Waals surface area contributed by atoms with Gasteiger partial charge in [-0.1, -0.05) is 11.6 Å². The van der Waals surface area contributed by atoms with E-state index >= 15 is 0 Å². The first-order valence-electron chi connectivity index (χ1n) is 6.37. The summed E-state index contributed by atoms with van der Waals surface area (Å²) in [6, 6.07) is 7.15. The summed E-state index contributed by atoms with van der Waals surface area (Å²) in [6.07, 6.45) is 2.12. The molecular formula is C14H19ClN2O. The molecule has 98 valence electrons. The number of hydrogen-bond donors (Lipinski definition) is 1. The molecule has 1 saturated heterocycles. The van der Waals surface area contributed by atoms with Crippen LogP contribution in [0.5, 0.6) is 0 Å². The largest absolute Gasteiger partial charge is 0.327 e. The number of nitrogens with zero attached hydrogens (tertiary/aromatic N) is 1. The molecule has 3 nitrogen and oxygen atoms in total. The Kier molecular flexibility index (Phi) is 4.38. The molecule has 4 heteroatoms. The van der Waals surface area contributed by atoms with Gasteiger partial charge in [0.25, 0.3) is 0 Å². The van der Waals surface area contributed by atoms with Crippen LogP contribution in [-0.2, 0) is 0 Å². The first-order chi connectivity index (χ1) is 8.58.